The first kappa shape index (κ1) is 34.7. The van der Waals surface area contributed by atoms with Gasteiger partial charge in [0.1, 0.15) is 17.3 Å². The molecule has 2 aromatic carbocycles. The highest BCUT2D eigenvalue weighted by Crippen LogP contribution is 2.22. The summed E-state index contributed by atoms with van der Waals surface area (Å²) in [4.78, 5) is 36.6. The Hall–Kier alpha value is -3.45. The van der Waals surface area contributed by atoms with E-state index >= 15 is 0 Å². The zero-order chi connectivity index (χ0) is 30.6. The van der Waals surface area contributed by atoms with Gasteiger partial charge in [-0.25, -0.2) is 4.79 Å². The van der Waals surface area contributed by atoms with Crippen LogP contribution >= 0.6 is 0 Å². The molecular formula is C35H49NO6. The topological polar surface area (TPSA) is 113 Å². The van der Waals surface area contributed by atoms with E-state index < -0.39 is 23.4 Å². The first-order valence-electron chi connectivity index (χ1n) is 15.5. The van der Waals surface area contributed by atoms with Crippen LogP contribution in [0.2, 0.25) is 0 Å². The zero-order valence-corrected chi connectivity index (χ0v) is 25.4. The normalized spacial score (nSPS) is 13.4. The number of ketones is 1. The Kier molecular flexibility index (Phi) is 16.2. The van der Waals surface area contributed by atoms with Crippen LogP contribution in [0.1, 0.15) is 96.5 Å². The Labute approximate surface area is 251 Å². The number of hydrogen-bond acceptors (Lipinski definition) is 5. The number of carboxylic acids is 1. The molecule has 0 spiro atoms. The number of rotatable bonds is 22. The van der Waals surface area contributed by atoms with Crippen molar-refractivity contribution in [3.63, 3.8) is 0 Å². The molecule has 0 saturated carbocycles. The molecule has 2 aromatic rings. The number of hydrogen-bond donors (Lipinski definition) is 3. The predicted molar refractivity (Wildman–Crippen MR) is 167 cm³/mol. The standard InChI is InChI=1S/C35H49NO6/c1-3-4-5-8-12-17-29(37)18-13-9-6-7-10-16-21-32(35(2,41)34(39)40)33(38)36-27-26-28-22-24-31(25-23-28)42-30-19-14-11-15-20-30/h11,14-16,19-25,32,41H,3-10,12-13,17-18,26-27H2,1-2H3,(H,36,38)(H,39,40)/b21-16+/t32-,35+/m1/s1. The van der Waals surface area contributed by atoms with Crippen molar-refractivity contribution in [3.8, 4) is 11.5 Å². The number of benzene rings is 2. The van der Waals surface area contributed by atoms with Crippen molar-refractivity contribution in [1.29, 1.82) is 0 Å². The summed E-state index contributed by atoms with van der Waals surface area (Å²) in [7, 11) is 0. The molecule has 7 nitrogen and oxygen atoms in total. The van der Waals surface area contributed by atoms with Crippen LogP contribution in [-0.4, -0.2) is 40.0 Å². The van der Waals surface area contributed by atoms with Crippen LogP contribution in [0.15, 0.2) is 66.7 Å². The van der Waals surface area contributed by atoms with Gasteiger partial charge in [0, 0.05) is 19.4 Å². The zero-order valence-electron chi connectivity index (χ0n) is 25.4. The summed E-state index contributed by atoms with van der Waals surface area (Å²) in [5.74, 6) is -1.39. The van der Waals surface area contributed by atoms with Crippen molar-refractivity contribution in [2.75, 3.05) is 6.54 Å². The molecule has 1 amide bonds. The van der Waals surface area contributed by atoms with Crippen molar-refractivity contribution < 1.29 is 29.3 Å². The van der Waals surface area contributed by atoms with E-state index in [1.54, 1.807) is 6.08 Å². The third kappa shape index (κ3) is 13.5. The van der Waals surface area contributed by atoms with Crippen LogP contribution < -0.4 is 10.1 Å². The number of para-hydroxylation sites is 1. The fourth-order valence-corrected chi connectivity index (χ4v) is 4.67. The molecule has 0 fully saturated rings. The van der Waals surface area contributed by atoms with E-state index in [0.29, 0.717) is 43.8 Å². The predicted octanol–water partition coefficient (Wildman–Crippen LogP) is 7.42. The molecule has 0 aliphatic rings. The summed E-state index contributed by atoms with van der Waals surface area (Å²) >= 11 is 0. The summed E-state index contributed by atoms with van der Waals surface area (Å²) in [6.45, 7) is 3.63. The molecule has 7 heteroatoms. The number of carbonyl (C=O) groups is 3. The fourth-order valence-electron chi connectivity index (χ4n) is 4.67. The van der Waals surface area contributed by atoms with Gasteiger partial charge >= 0.3 is 5.97 Å². The lowest BCUT2D eigenvalue weighted by Crippen LogP contribution is -2.49. The van der Waals surface area contributed by atoms with Gasteiger partial charge in [0.05, 0.1) is 5.92 Å². The van der Waals surface area contributed by atoms with Crippen LogP contribution in [0.3, 0.4) is 0 Å². The number of aliphatic carboxylic acids is 1. The van der Waals surface area contributed by atoms with E-state index in [4.69, 9.17) is 4.74 Å². The summed E-state index contributed by atoms with van der Waals surface area (Å²) in [6, 6.07) is 17.0. The van der Waals surface area contributed by atoms with Crippen molar-refractivity contribution in [3.05, 3.63) is 72.3 Å². The molecule has 2 rings (SSSR count). The van der Waals surface area contributed by atoms with E-state index in [-0.39, 0.29) is 0 Å². The van der Waals surface area contributed by atoms with Gasteiger partial charge in [-0.3, -0.25) is 9.59 Å². The highest BCUT2D eigenvalue weighted by Gasteiger charge is 2.42. The molecule has 3 N–H and O–H groups in total. The summed E-state index contributed by atoms with van der Waals surface area (Å²) in [5.41, 5.74) is -1.24. The van der Waals surface area contributed by atoms with Crippen LogP contribution in [0.25, 0.3) is 0 Å². The SMILES string of the molecule is CCCCCCCC(=O)CCCCCC/C=C/[C@H](C(=O)NCCc1ccc(Oc2ccccc2)cc1)[C@](C)(O)C(=O)O. The molecule has 0 radical (unpaired) electrons. The van der Waals surface area contributed by atoms with Crippen molar-refractivity contribution >= 4 is 17.7 Å². The van der Waals surface area contributed by atoms with E-state index in [0.717, 1.165) is 56.8 Å². The minimum absolute atomic E-state index is 0.301. The molecular weight excluding hydrogens is 530 g/mol. The van der Waals surface area contributed by atoms with Crippen molar-refractivity contribution in [1.82, 2.24) is 5.32 Å². The first-order chi connectivity index (χ1) is 20.2. The second-order valence-electron chi connectivity index (χ2n) is 11.1. The molecule has 0 aromatic heterocycles. The van der Waals surface area contributed by atoms with Crippen molar-refractivity contribution in [2.24, 2.45) is 5.92 Å². The fraction of sp³-hybridized carbons (Fsp3) is 0.514. The molecule has 0 heterocycles. The van der Waals surface area contributed by atoms with Crippen LogP contribution in [-0.2, 0) is 20.8 Å². The monoisotopic (exact) mass is 579 g/mol. The molecule has 2 atom stereocenters. The quantitative estimate of drug-likeness (QED) is 0.0988. The van der Waals surface area contributed by atoms with Gasteiger partial charge < -0.3 is 20.3 Å². The van der Waals surface area contributed by atoms with Crippen molar-refractivity contribution in [2.45, 2.75) is 103 Å². The highest BCUT2D eigenvalue weighted by atomic mass is 16.5. The molecule has 0 unspecified atom stereocenters. The molecule has 230 valence electrons. The van der Waals surface area contributed by atoms with E-state index in [2.05, 4.69) is 12.2 Å². The lowest BCUT2D eigenvalue weighted by atomic mass is 9.87. The molecule has 0 saturated heterocycles. The largest absolute Gasteiger partial charge is 0.479 e. The summed E-state index contributed by atoms with van der Waals surface area (Å²) < 4.78 is 5.80. The maximum atomic E-state index is 12.9. The van der Waals surface area contributed by atoms with Gasteiger partial charge in [0.2, 0.25) is 5.91 Å². The smallest absolute Gasteiger partial charge is 0.336 e. The van der Waals surface area contributed by atoms with Gasteiger partial charge in [-0.2, -0.15) is 0 Å². The van der Waals surface area contributed by atoms with Gasteiger partial charge in [-0.05, 0) is 68.9 Å². The Morgan fingerprint density at radius 3 is 2.07 bits per heavy atom. The summed E-state index contributed by atoms with van der Waals surface area (Å²) in [5, 5.41) is 22.9. The second-order valence-corrected chi connectivity index (χ2v) is 11.1. The van der Waals surface area contributed by atoms with Gasteiger partial charge in [0.15, 0.2) is 5.60 Å². The Morgan fingerprint density at radius 2 is 1.45 bits per heavy atom. The number of allylic oxidation sites excluding steroid dienone is 1. The van der Waals surface area contributed by atoms with Crippen LogP contribution in [0, 0.1) is 5.92 Å². The third-order valence-electron chi connectivity index (χ3n) is 7.40. The van der Waals surface area contributed by atoms with Crippen LogP contribution in [0.5, 0.6) is 11.5 Å². The number of amides is 1. The number of carboxylic acid groups (broad SMARTS) is 1. The van der Waals surface area contributed by atoms with Crippen LogP contribution in [0.4, 0.5) is 0 Å². The number of aliphatic hydroxyl groups is 1. The Morgan fingerprint density at radius 1 is 0.857 bits per heavy atom. The van der Waals surface area contributed by atoms with Gasteiger partial charge in [-0.15, -0.1) is 0 Å². The average Bonchev–Trinajstić information content (AvgIpc) is 2.97. The highest BCUT2D eigenvalue weighted by molar-refractivity contribution is 5.90. The molecule has 42 heavy (non-hydrogen) atoms. The number of carbonyl (C=O) groups excluding carboxylic acids is 2. The van der Waals surface area contributed by atoms with E-state index in [9.17, 15) is 24.6 Å². The third-order valence-corrected chi connectivity index (χ3v) is 7.40. The lowest BCUT2D eigenvalue weighted by Gasteiger charge is -2.25. The number of ether oxygens (including phenoxy) is 1. The minimum Gasteiger partial charge on any atom is -0.479 e. The molecule has 0 bridgehead atoms. The maximum Gasteiger partial charge on any atom is 0.336 e. The number of Topliss-reactive ketones (excluding diaryl/α,β-unsaturated/α-hetero) is 1. The van der Waals surface area contributed by atoms with E-state index in [1.165, 1.54) is 25.3 Å². The van der Waals surface area contributed by atoms with Gasteiger partial charge in [-0.1, -0.05) is 87.9 Å². The lowest BCUT2D eigenvalue weighted by molar-refractivity contribution is -0.163. The second kappa shape index (κ2) is 19.6. The Bertz CT molecular complexity index is 1090. The number of nitrogens with one attached hydrogen (secondary N) is 1. The average molecular weight is 580 g/mol. The first-order valence-corrected chi connectivity index (χ1v) is 15.5. The molecule has 0 aliphatic carbocycles. The summed E-state index contributed by atoms with van der Waals surface area (Å²) in [6.07, 6.45) is 15.3. The number of unbranched alkanes of at least 4 members (excludes halogenated alkanes) is 8. The molecule has 0 aliphatic heterocycles. The minimum atomic E-state index is -2.23. The Balaban J connectivity index is 1.72. The van der Waals surface area contributed by atoms with E-state index in [1.807, 2.05) is 54.6 Å². The van der Waals surface area contributed by atoms with Gasteiger partial charge in [0.25, 0.3) is 0 Å². The maximum absolute atomic E-state index is 12.9.